The van der Waals surface area contributed by atoms with Crippen LogP contribution in [0.15, 0.2) is 42.9 Å². The Labute approximate surface area is 239 Å². The fourth-order valence-corrected chi connectivity index (χ4v) is 5.40. The van der Waals surface area contributed by atoms with Crippen LogP contribution in [0.25, 0.3) is 22.3 Å². The first-order valence-electron chi connectivity index (χ1n) is 14.0. The second kappa shape index (κ2) is 11.7. The molecule has 5 rings (SSSR count). The number of rotatable bonds is 9. The number of halogens is 1. The number of benzene rings is 1. The van der Waals surface area contributed by atoms with Gasteiger partial charge in [-0.2, -0.15) is 5.10 Å². The zero-order valence-corrected chi connectivity index (χ0v) is 24.4. The van der Waals surface area contributed by atoms with Crippen molar-refractivity contribution in [1.82, 2.24) is 34.1 Å². The molecule has 0 atom stereocenters. The summed E-state index contributed by atoms with van der Waals surface area (Å²) in [6.45, 7) is 7.85. The van der Waals surface area contributed by atoms with E-state index in [1.165, 1.54) is 24.0 Å². The number of anilines is 1. The number of likely N-dealkylation sites (N-methyl/N-ethyl adjacent to an activating group) is 1. The average Bonchev–Trinajstić information content (AvgIpc) is 3.49. The Morgan fingerprint density at radius 2 is 1.98 bits per heavy atom. The molecule has 1 aliphatic rings. The number of imidazole rings is 1. The van der Waals surface area contributed by atoms with Gasteiger partial charge < -0.3 is 19.5 Å². The van der Waals surface area contributed by atoms with Crippen molar-refractivity contribution >= 4 is 22.9 Å². The molecule has 0 spiro atoms. The van der Waals surface area contributed by atoms with Crippen LogP contribution in [-0.2, 0) is 13.6 Å². The number of carbonyl (C=O) groups is 1. The van der Waals surface area contributed by atoms with Crippen molar-refractivity contribution < 1.29 is 14.3 Å². The monoisotopic (exact) mass is 562 g/mol. The predicted molar refractivity (Wildman–Crippen MR) is 157 cm³/mol. The molecule has 4 aromatic rings. The zero-order valence-electron chi connectivity index (χ0n) is 24.4. The Morgan fingerprint density at radius 1 is 1.22 bits per heavy atom. The molecule has 1 fully saturated rings. The molecule has 0 aliphatic carbocycles. The summed E-state index contributed by atoms with van der Waals surface area (Å²) >= 11 is 0. The van der Waals surface area contributed by atoms with E-state index in [2.05, 4.69) is 56.4 Å². The Morgan fingerprint density at radius 3 is 2.63 bits per heavy atom. The zero-order chi connectivity index (χ0) is 29.3. The van der Waals surface area contributed by atoms with E-state index >= 15 is 4.39 Å². The number of fused-ring (bicyclic) bond motifs is 1. The van der Waals surface area contributed by atoms with Gasteiger partial charge in [0.05, 0.1) is 34.9 Å². The summed E-state index contributed by atoms with van der Waals surface area (Å²) in [5.41, 5.74) is 2.04. The molecule has 0 unspecified atom stereocenters. The van der Waals surface area contributed by atoms with Gasteiger partial charge in [-0.15, -0.1) is 0 Å². The van der Waals surface area contributed by atoms with Gasteiger partial charge in [0.1, 0.15) is 5.69 Å². The largest absolute Gasteiger partial charge is 0.389 e. The summed E-state index contributed by atoms with van der Waals surface area (Å²) in [6.07, 6.45) is 6.69. The first kappa shape index (κ1) is 28.8. The molecule has 4 heterocycles. The lowest BCUT2D eigenvalue weighted by Gasteiger charge is -2.32. The average molecular weight is 563 g/mol. The lowest BCUT2D eigenvalue weighted by molar-refractivity contribution is 0.0630. The highest BCUT2D eigenvalue weighted by atomic mass is 19.1. The lowest BCUT2D eigenvalue weighted by Crippen LogP contribution is -2.37. The van der Waals surface area contributed by atoms with E-state index in [0.717, 1.165) is 44.5 Å². The van der Waals surface area contributed by atoms with Crippen LogP contribution < -0.4 is 5.32 Å². The van der Waals surface area contributed by atoms with Crippen LogP contribution in [0, 0.1) is 5.82 Å². The molecule has 218 valence electrons. The quantitative estimate of drug-likeness (QED) is 0.320. The predicted octanol–water partition coefficient (Wildman–Crippen LogP) is 3.74. The van der Waals surface area contributed by atoms with E-state index in [1.54, 1.807) is 31.8 Å². The van der Waals surface area contributed by atoms with Crippen LogP contribution in [0.1, 0.15) is 48.5 Å². The summed E-state index contributed by atoms with van der Waals surface area (Å²) < 4.78 is 18.8. The minimum absolute atomic E-state index is 0.0492. The summed E-state index contributed by atoms with van der Waals surface area (Å²) in [4.78, 5) is 26.9. The Hall–Kier alpha value is -3.67. The second-order valence-corrected chi connectivity index (χ2v) is 11.9. The summed E-state index contributed by atoms with van der Waals surface area (Å²) in [7, 11) is 5.93. The van der Waals surface area contributed by atoms with Crippen molar-refractivity contribution in [1.29, 1.82) is 0 Å². The van der Waals surface area contributed by atoms with Crippen LogP contribution in [0.5, 0.6) is 0 Å². The third-order valence-corrected chi connectivity index (χ3v) is 7.58. The molecule has 0 saturated carbocycles. The van der Waals surface area contributed by atoms with Gasteiger partial charge in [0.15, 0.2) is 5.82 Å². The van der Waals surface area contributed by atoms with Gasteiger partial charge in [-0.1, -0.05) is 6.07 Å². The number of amides is 1. The summed E-state index contributed by atoms with van der Waals surface area (Å²) in [5, 5.41) is 17.6. The minimum atomic E-state index is -1.07. The molecule has 1 aliphatic heterocycles. The van der Waals surface area contributed by atoms with E-state index in [0.29, 0.717) is 17.0 Å². The second-order valence-electron chi connectivity index (χ2n) is 11.9. The molecule has 41 heavy (non-hydrogen) atoms. The van der Waals surface area contributed by atoms with Crippen molar-refractivity contribution in [2.75, 3.05) is 45.6 Å². The van der Waals surface area contributed by atoms with E-state index < -0.39 is 17.3 Å². The topological polar surface area (TPSA) is 104 Å². The number of aliphatic hydroxyl groups is 1. The molecule has 3 aromatic heterocycles. The van der Waals surface area contributed by atoms with E-state index in [4.69, 9.17) is 0 Å². The molecule has 10 nitrogen and oxygen atoms in total. The molecular weight excluding hydrogens is 523 g/mol. The highest BCUT2D eigenvalue weighted by Gasteiger charge is 2.25. The van der Waals surface area contributed by atoms with Gasteiger partial charge in [0.25, 0.3) is 5.91 Å². The van der Waals surface area contributed by atoms with Crippen LogP contribution in [0.3, 0.4) is 0 Å². The highest BCUT2D eigenvalue weighted by molar-refractivity contribution is 6.05. The summed E-state index contributed by atoms with van der Waals surface area (Å²) in [5.74, 6) is -0.702. The van der Waals surface area contributed by atoms with Gasteiger partial charge in [-0.25, -0.2) is 9.37 Å². The number of likely N-dealkylation sites (tertiary alicyclic amines) is 1. The SMILES string of the molecule is CN(C)CCN1CCC(c2ccc3nc(NC(=O)c4ccnc(-c5cnn(C)c5)c4F)n(CC(C)(C)O)c3c2)CC1. The standard InChI is InChI=1S/C30H39FN8O2/c1-30(2,41)19-39-25-16-21(20-9-12-38(13-10-20)15-14-36(3)4)6-7-24(25)34-29(39)35-28(40)23-8-11-32-27(26(23)31)22-17-33-37(5)18-22/h6-8,11,16-18,20,41H,9-10,12-15,19H2,1-5H3,(H,34,35,40). The third-order valence-electron chi connectivity index (χ3n) is 7.58. The minimum Gasteiger partial charge on any atom is -0.389 e. The molecule has 1 amide bonds. The maximum absolute atomic E-state index is 15.4. The molecule has 0 radical (unpaired) electrons. The van der Waals surface area contributed by atoms with Crippen molar-refractivity contribution in [3.05, 3.63) is 59.8 Å². The lowest BCUT2D eigenvalue weighted by atomic mass is 9.89. The first-order chi connectivity index (χ1) is 19.5. The van der Waals surface area contributed by atoms with Crippen molar-refractivity contribution in [2.45, 2.75) is 44.8 Å². The Kier molecular flexibility index (Phi) is 8.21. The number of nitrogens with zero attached hydrogens (tertiary/aromatic N) is 7. The van der Waals surface area contributed by atoms with Gasteiger partial charge in [-0.05, 0) is 83.6 Å². The maximum atomic E-state index is 15.4. The number of nitrogens with one attached hydrogen (secondary N) is 1. The summed E-state index contributed by atoms with van der Waals surface area (Å²) in [6, 6.07) is 7.54. The molecule has 1 aromatic carbocycles. The first-order valence-corrected chi connectivity index (χ1v) is 14.0. The van der Waals surface area contributed by atoms with Crippen molar-refractivity contribution in [3.63, 3.8) is 0 Å². The maximum Gasteiger partial charge on any atom is 0.261 e. The van der Waals surface area contributed by atoms with Gasteiger partial charge in [0, 0.05) is 38.1 Å². The van der Waals surface area contributed by atoms with Gasteiger partial charge >= 0.3 is 0 Å². The number of aromatic nitrogens is 5. The van der Waals surface area contributed by atoms with Crippen molar-refractivity contribution in [2.24, 2.45) is 7.05 Å². The highest BCUT2D eigenvalue weighted by Crippen LogP contribution is 2.32. The van der Waals surface area contributed by atoms with E-state index in [-0.39, 0.29) is 23.8 Å². The fourth-order valence-electron chi connectivity index (χ4n) is 5.40. The number of carbonyl (C=O) groups excluding carboxylic acids is 1. The number of hydrogen-bond acceptors (Lipinski definition) is 7. The number of piperidine rings is 1. The molecule has 2 N–H and O–H groups in total. The van der Waals surface area contributed by atoms with Gasteiger partial charge in [-0.3, -0.25) is 19.8 Å². The van der Waals surface area contributed by atoms with Crippen LogP contribution in [0.2, 0.25) is 0 Å². The number of hydrogen-bond donors (Lipinski definition) is 2. The molecule has 11 heteroatoms. The molecule has 1 saturated heterocycles. The Bertz CT molecular complexity index is 1530. The van der Waals surface area contributed by atoms with Crippen LogP contribution in [-0.4, -0.2) is 91.0 Å². The van der Waals surface area contributed by atoms with Crippen LogP contribution >= 0.6 is 0 Å². The van der Waals surface area contributed by atoms with E-state index in [9.17, 15) is 9.90 Å². The van der Waals surface area contributed by atoms with Crippen LogP contribution in [0.4, 0.5) is 10.3 Å². The fraction of sp³-hybridized carbons (Fsp3) is 0.467. The smallest absolute Gasteiger partial charge is 0.261 e. The number of pyridine rings is 1. The Balaban J connectivity index is 1.41. The molecular formula is C30H39FN8O2. The molecule has 0 bridgehead atoms. The normalized spacial score (nSPS) is 15.2. The third kappa shape index (κ3) is 6.64. The van der Waals surface area contributed by atoms with Gasteiger partial charge in [0.2, 0.25) is 5.95 Å². The number of aryl methyl sites for hydroxylation is 1. The van der Waals surface area contributed by atoms with E-state index in [1.807, 2.05) is 10.6 Å². The van der Waals surface area contributed by atoms with Crippen molar-refractivity contribution in [3.8, 4) is 11.3 Å².